The summed E-state index contributed by atoms with van der Waals surface area (Å²) in [5.41, 5.74) is -0.726. The Balaban J connectivity index is 3.40. The number of nitrogens with zero attached hydrogens (tertiary/aromatic N) is 1. The maximum Gasteiger partial charge on any atom is 0.509 e. The summed E-state index contributed by atoms with van der Waals surface area (Å²) in [4.78, 5) is 25.1. The zero-order valence-corrected chi connectivity index (χ0v) is 10.5. The molecule has 0 fully saturated rings. The molecular weight excluding hydrogens is 254 g/mol. The molecule has 0 bridgehead atoms. The molecule has 0 spiro atoms. The lowest BCUT2D eigenvalue weighted by Crippen LogP contribution is -2.14. The van der Waals surface area contributed by atoms with E-state index in [1.54, 1.807) is 6.92 Å². The van der Waals surface area contributed by atoms with Crippen LogP contribution in [0.5, 0.6) is 0 Å². The highest BCUT2D eigenvalue weighted by Gasteiger charge is 2.08. The van der Waals surface area contributed by atoms with E-state index < -0.39 is 22.9 Å². The molecule has 1 unspecified atom stereocenters. The van der Waals surface area contributed by atoms with Gasteiger partial charge in [-0.3, -0.25) is 0 Å². The lowest BCUT2D eigenvalue weighted by Gasteiger charge is -2.09. The summed E-state index contributed by atoms with van der Waals surface area (Å²) in [6.07, 6.45) is 0.475. The Morgan fingerprint density at radius 3 is 2.59 bits per heavy atom. The first kappa shape index (κ1) is 15.8. The van der Waals surface area contributed by atoms with Gasteiger partial charge in [-0.15, -0.1) is 10.1 Å². The van der Waals surface area contributed by atoms with Crippen molar-refractivity contribution in [2.45, 2.75) is 44.8 Å². The molecule has 0 saturated heterocycles. The van der Waals surface area contributed by atoms with Gasteiger partial charge in [0.05, 0.1) is 6.61 Å². The second-order valence-corrected chi connectivity index (χ2v) is 4.01. The number of unbranched alkanes of at least 4 members (excludes halogenated alkanes) is 1. The van der Waals surface area contributed by atoms with Crippen LogP contribution in [-0.4, -0.2) is 29.5 Å². The number of rotatable bonds is 8. The standard InChI is InChI=1S/C9H16ClNO6/c1-7(17-11(13)14)5-3-4-6-15-9(12)16-8(2)10/h7-8H,3-6H2,1-2H3/t7-,8?/m1/s1. The fraction of sp³-hybridized carbons (Fsp3) is 0.889. The van der Waals surface area contributed by atoms with Crippen molar-refractivity contribution in [1.29, 1.82) is 0 Å². The quantitative estimate of drug-likeness (QED) is 0.221. The second-order valence-electron chi connectivity index (χ2n) is 3.39. The predicted octanol–water partition coefficient (Wildman–Crippen LogP) is 2.49. The molecule has 0 aliphatic heterocycles. The lowest BCUT2D eigenvalue weighted by molar-refractivity contribution is -0.767. The molecule has 0 aromatic heterocycles. The molecule has 0 heterocycles. The molecule has 0 aromatic carbocycles. The van der Waals surface area contributed by atoms with Crippen molar-refractivity contribution in [3.63, 3.8) is 0 Å². The lowest BCUT2D eigenvalue weighted by atomic mass is 10.2. The molecule has 7 nitrogen and oxygen atoms in total. The van der Waals surface area contributed by atoms with E-state index >= 15 is 0 Å². The number of hydrogen-bond acceptors (Lipinski definition) is 6. The van der Waals surface area contributed by atoms with Gasteiger partial charge in [0, 0.05) is 0 Å². The van der Waals surface area contributed by atoms with Gasteiger partial charge in [0.2, 0.25) is 0 Å². The van der Waals surface area contributed by atoms with Gasteiger partial charge in [0.25, 0.3) is 5.09 Å². The first-order valence-electron chi connectivity index (χ1n) is 5.20. The summed E-state index contributed by atoms with van der Waals surface area (Å²) in [6.45, 7) is 3.29. The monoisotopic (exact) mass is 269 g/mol. The molecule has 0 amide bonds. The highest BCUT2D eigenvalue weighted by molar-refractivity contribution is 6.19. The molecule has 8 heteroatoms. The molecule has 0 aromatic rings. The summed E-state index contributed by atoms with van der Waals surface area (Å²) < 4.78 is 9.22. The summed E-state index contributed by atoms with van der Waals surface area (Å²) in [7, 11) is 0. The van der Waals surface area contributed by atoms with Crippen molar-refractivity contribution in [2.24, 2.45) is 0 Å². The Kier molecular flexibility index (Phi) is 8.21. The molecule has 0 saturated carbocycles. The number of alkyl halides is 1. The van der Waals surface area contributed by atoms with E-state index in [9.17, 15) is 14.9 Å². The third kappa shape index (κ3) is 11.0. The predicted molar refractivity (Wildman–Crippen MR) is 59.1 cm³/mol. The van der Waals surface area contributed by atoms with Crippen LogP contribution >= 0.6 is 11.6 Å². The van der Waals surface area contributed by atoms with E-state index in [4.69, 9.17) is 16.3 Å². The van der Waals surface area contributed by atoms with E-state index in [2.05, 4.69) is 9.57 Å². The van der Waals surface area contributed by atoms with Crippen LogP contribution in [0, 0.1) is 10.1 Å². The van der Waals surface area contributed by atoms with Crippen molar-refractivity contribution in [3.05, 3.63) is 10.1 Å². The molecule has 100 valence electrons. The van der Waals surface area contributed by atoms with Gasteiger partial charge < -0.3 is 14.3 Å². The zero-order chi connectivity index (χ0) is 13.3. The molecule has 2 atom stereocenters. The van der Waals surface area contributed by atoms with Crippen molar-refractivity contribution in [2.75, 3.05) is 6.61 Å². The van der Waals surface area contributed by atoms with Gasteiger partial charge >= 0.3 is 6.16 Å². The number of ether oxygens (including phenoxy) is 2. The maximum atomic E-state index is 10.9. The van der Waals surface area contributed by atoms with Gasteiger partial charge in [-0.1, -0.05) is 11.6 Å². The Morgan fingerprint density at radius 1 is 1.41 bits per heavy atom. The molecular formula is C9H16ClNO6. The van der Waals surface area contributed by atoms with E-state index in [0.717, 1.165) is 0 Å². The van der Waals surface area contributed by atoms with Crippen molar-refractivity contribution >= 4 is 17.8 Å². The molecule has 0 radical (unpaired) electrons. The molecule has 0 aliphatic carbocycles. The molecule has 17 heavy (non-hydrogen) atoms. The normalized spacial score (nSPS) is 13.6. The van der Waals surface area contributed by atoms with Crippen LogP contribution in [-0.2, 0) is 14.3 Å². The molecule has 0 rings (SSSR count). The highest BCUT2D eigenvalue weighted by Crippen LogP contribution is 2.05. The maximum absolute atomic E-state index is 10.9. The summed E-state index contributed by atoms with van der Waals surface area (Å²) >= 11 is 5.40. The number of halogens is 1. The van der Waals surface area contributed by atoms with Crippen LogP contribution in [0.15, 0.2) is 0 Å². The van der Waals surface area contributed by atoms with Crippen LogP contribution in [0.1, 0.15) is 33.1 Å². The number of carbonyl (C=O) groups is 1. The summed E-state index contributed by atoms with van der Waals surface area (Å²) in [6, 6.07) is 0. The Hall–Kier alpha value is -1.24. The number of hydrogen-bond donors (Lipinski definition) is 0. The van der Waals surface area contributed by atoms with Gasteiger partial charge in [-0.25, -0.2) is 4.79 Å². The third-order valence-corrected chi connectivity index (χ3v) is 1.84. The van der Waals surface area contributed by atoms with Crippen molar-refractivity contribution in [1.82, 2.24) is 0 Å². The van der Waals surface area contributed by atoms with Gasteiger partial charge in [0.1, 0.15) is 6.10 Å². The van der Waals surface area contributed by atoms with E-state index in [-0.39, 0.29) is 6.61 Å². The minimum atomic E-state index is -0.819. The van der Waals surface area contributed by atoms with E-state index in [1.165, 1.54) is 6.92 Å². The van der Waals surface area contributed by atoms with Crippen LogP contribution in [0.2, 0.25) is 0 Å². The molecule has 0 aliphatic rings. The summed E-state index contributed by atoms with van der Waals surface area (Å²) in [5, 5.41) is 9.16. The second kappa shape index (κ2) is 8.86. The Morgan fingerprint density at radius 2 is 2.06 bits per heavy atom. The van der Waals surface area contributed by atoms with Crippen LogP contribution in [0.3, 0.4) is 0 Å². The van der Waals surface area contributed by atoms with Crippen molar-refractivity contribution < 1.29 is 24.2 Å². The first-order valence-corrected chi connectivity index (χ1v) is 5.64. The first-order chi connectivity index (χ1) is 7.91. The molecule has 0 N–H and O–H groups in total. The third-order valence-electron chi connectivity index (χ3n) is 1.75. The average molecular weight is 270 g/mol. The minimum Gasteiger partial charge on any atom is -0.434 e. The minimum absolute atomic E-state index is 0.188. The highest BCUT2D eigenvalue weighted by atomic mass is 35.5. The number of carbonyl (C=O) groups excluding carboxylic acids is 1. The van der Waals surface area contributed by atoms with E-state index in [1.807, 2.05) is 0 Å². The van der Waals surface area contributed by atoms with Gasteiger partial charge in [-0.05, 0) is 33.1 Å². The van der Waals surface area contributed by atoms with E-state index in [0.29, 0.717) is 19.3 Å². The van der Waals surface area contributed by atoms with Crippen LogP contribution in [0.4, 0.5) is 4.79 Å². The Bertz CT molecular complexity index is 248. The van der Waals surface area contributed by atoms with Gasteiger partial charge in [-0.2, -0.15) is 0 Å². The fourth-order valence-corrected chi connectivity index (χ4v) is 1.13. The Labute approximate surface area is 104 Å². The largest absolute Gasteiger partial charge is 0.509 e. The van der Waals surface area contributed by atoms with Crippen molar-refractivity contribution in [3.8, 4) is 0 Å². The summed E-state index contributed by atoms with van der Waals surface area (Å²) in [5.74, 6) is 0. The zero-order valence-electron chi connectivity index (χ0n) is 9.76. The topological polar surface area (TPSA) is 87.9 Å². The SMILES string of the molecule is CC(Cl)OC(=O)OCCCC[C@@H](C)O[N+](=O)[O-]. The van der Waals surface area contributed by atoms with Crippen LogP contribution in [0.25, 0.3) is 0 Å². The van der Waals surface area contributed by atoms with Crippen LogP contribution < -0.4 is 0 Å². The van der Waals surface area contributed by atoms with Gasteiger partial charge in [0.15, 0.2) is 5.56 Å². The average Bonchev–Trinajstić information content (AvgIpc) is 2.14. The fourth-order valence-electron chi connectivity index (χ4n) is 1.06. The smallest absolute Gasteiger partial charge is 0.434 e.